The Hall–Kier alpha value is -8.61. The topological polar surface area (TPSA) is 69.9 Å². The predicted molar refractivity (Wildman–Crippen MR) is 256 cm³/mol. The van der Waals surface area contributed by atoms with E-state index in [1.165, 1.54) is 0 Å². The van der Waals surface area contributed by atoms with E-state index in [0.29, 0.717) is 22.3 Å². The number of aromatic nitrogens is 4. The monoisotopic (exact) mass is 811 g/mol. The molecule has 13 rings (SSSR count). The SMILES string of the molecule is [2H]c1c([2H])c([2H])c(-c2nc(-c3cccc(-c4cccc5c4oc4ccccc45)c3)nc(-c3cc(-n4c5ccccc5c5ccccc54)cc4c3oc3cc(-c5ccccc5)ccc34)n2)c([2H])c1[2H]. The molecule has 0 aliphatic carbocycles. The quantitative estimate of drug-likeness (QED) is 0.167. The Morgan fingerprint density at radius 2 is 0.968 bits per heavy atom. The van der Waals surface area contributed by atoms with Crippen LogP contribution in [0.5, 0.6) is 0 Å². The first-order chi connectivity index (χ1) is 33.3. The van der Waals surface area contributed by atoms with Gasteiger partial charge >= 0.3 is 0 Å². The highest BCUT2D eigenvalue weighted by Gasteiger charge is 2.22. The van der Waals surface area contributed by atoms with Crippen LogP contribution in [0.2, 0.25) is 0 Å². The van der Waals surface area contributed by atoms with Crippen LogP contribution < -0.4 is 0 Å². The third kappa shape index (κ3) is 5.69. The Balaban J connectivity index is 1.10. The maximum Gasteiger partial charge on any atom is 0.167 e. The van der Waals surface area contributed by atoms with Crippen LogP contribution in [-0.2, 0) is 0 Å². The first kappa shape index (κ1) is 30.4. The molecule has 0 amide bonds. The highest BCUT2D eigenvalue weighted by Crippen LogP contribution is 2.42. The molecular formula is C57H34N4O2. The summed E-state index contributed by atoms with van der Waals surface area (Å²) >= 11 is 0. The van der Waals surface area contributed by atoms with Crippen molar-refractivity contribution in [2.75, 3.05) is 0 Å². The van der Waals surface area contributed by atoms with Crippen LogP contribution in [0.4, 0.5) is 0 Å². The number of nitrogens with zero attached hydrogens (tertiary/aromatic N) is 4. The van der Waals surface area contributed by atoms with Gasteiger partial charge in [0.25, 0.3) is 0 Å². The molecule has 0 fully saturated rings. The Morgan fingerprint density at radius 1 is 0.365 bits per heavy atom. The molecule has 9 aromatic carbocycles. The summed E-state index contributed by atoms with van der Waals surface area (Å²) in [5.41, 5.74) is 10.3. The second kappa shape index (κ2) is 14.0. The van der Waals surface area contributed by atoms with E-state index in [9.17, 15) is 0 Å². The number of furan rings is 2. The van der Waals surface area contributed by atoms with Gasteiger partial charge in [-0.2, -0.15) is 0 Å². The number of hydrogen-bond acceptors (Lipinski definition) is 5. The molecule has 0 saturated heterocycles. The Labute approximate surface area is 368 Å². The van der Waals surface area contributed by atoms with Gasteiger partial charge in [-0.1, -0.05) is 158 Å². The summed E-state index contributed by atoms with van der Waals surface area (Å²) in [5.74, 6) is 0.342. The molecule has 63 heavy (non-hydrogen) atoms. The van der Waals surface area contributed by atoms with Crippen molar-refractivity contribution in [1.29, 1.82) is 0 Å². The molecule has 0 N–H and O–H groups in total. The third-order valence-electron chi connectivity index (χ3n) is 11.9. The smallest absolute Gasteiger partial charge is 0.167 e. The Bertz CT molecular complexity index is 4150. The summed E-state index contributed by atoms with van der Waals surface area (Å²) in [5, 5.41) is 5.90. The largest absolute Gasteiger partial charge is 0.455 e. The van der Waals surface area contributed by atoms with E-state index in [4.69, 9.17) is 30.6 Å². The van der Waals surface area contributed by atoms with E-state index in [1.807, 2.05) is 121 Å². The second-order valence-corrected chi connectivity index (χ2v) is 15.6. The average molecular weight is 812 g/mol. The fourth-order valence-electron chi connectivity index (χ4n) is 9.07. The molecule has 6 nitrogen and oxygen atoms in total. The maximum absolute atomic E-state index is 9.06. The van der Waals surface area contributed by atoms with Gasteiger partial charge in [0.2, 0.25) is 0 Å². The summed E-state index contributed by atoms with van der Waals surface area (Å²) in [6, 6.07) is 56.6. The lowest BCUT2D eigenvalue weighted by atomic mass is 10.00. The van der Waals surface area contributed by atoms with Crippen molar-refractivity contribution >= 4 is 65.7 Å². The van der Waals surface area contributed by atoms with E-state index < -0.39 is 30.2 Å². The van der Waals surface area contributed by atoms with Gasteiger partial charge < -0.3 is 13.4 Å². The zero-order valence-corrected chi connectivity index (χ0v) is 33.3. The lowest BCUT2D eigenvalue weighted by molar-refractivity contribution is 0.669. The molecule has 0 spiro atoms. The minimum atomic E-state index is -0.511. The summed E-state index contributed by atoms with van der Waals surface area (Å²) in [6.45, 7) is 0. The first-order valence-corrected chi connectivity index (χ1v) is 20.7. The first-order valence-electron chi connectivity index (χ1n) is 23.2. The van der Waals surface area contributed by atoms with Crippen molar-refractivity contribution in [3.8, 4) is 62.1 Å². The van der Waals surface area contributed by atoms with Gasteiger partial charge in [0.1, 0.15) is 22.3 Å². The van der Waals surface area contributed by atoms with Crippen LogP contribution in [0.15, 0.2) is 215 Å². The van der Waals surface area contributed by atoms with Gasteiger partial charge in [0.05, 0.1) is 23.5 Å². The average Bonchev–Trinajstić information content (AvgIpc) is 4.07. The van der Waals surface area contributed by atoms with E-state index in [2.05, 4.69) is 59.2 Å². The fraction of sp³-hybridized carbons (Fsp3) is 0. The number of fused-ring (bicyclic) bond motifs is 9. The van der Waals surface area contributed by atoms with Crippen LogP contribution in [0, 0.1) is 0 Å². The molecule has 13 aromatic rings. The molecular weight excluding hydrogens is 773 g/mol. The molecule has 0 aliphatic rings. The molecule has 6 heteroatoms. The zero-order valence-electron chi connectivity index (χ0n) is 38.3. The predicted octanol–water partition coefficient (Wildman–Crippen LogP) is 15.1. The van der Waals surface area contributed by atoms with Crippen molar-refractivity contribution in [2.24, 2.45) is 0 Å². The van der Waals surface area contributed by atoms with Gasteiger partial charge in [-0.05, 0) is 65.2 Å². The van der Waals surface area contributed by atoms with Crippen LogP contribution in [0.1, 0.15) is 6.85 Å². The minimum Gasteiger partial charge on any atom is -0.455 e. The second-order valence-electron chi connectivity index (χ2n) is 15.6. The number of hydrogen-bond donors (Lipinski definition) is 0. The van der Waals surface area contributed by atoms with Crippen LogP contribution in [0.3, 0.4) is 0 Å². The summed E-state index contributed by atoms with van der Waals surface area (Å²) in [4.78, 5) is 15.2. The zero-order chi connectivity index (χ0) is 45.8. The minimum absolute atomic E-state index is 0.0790. The number of benzene rings is 9. The molecule has 0 bridgehead atoms. The molecule has 0 saturated carbocycles. The van der Waals surface area contributed by atoms with Gasteiger partial charge in [0, 0.05) is 54.7 Å². The molecule has 4 aromatic heterocycles. The number of rotatable bonds is 6. The lowest BCUT2D eigenvalue weighted by Crippen LogP contribution is -2.01. The normalized spacial score (nSPS) is 12.9. The van der Waals surface area contributed by atoms with Gasteiger partial charge in [0.15, 0.2) is 17.5 Å². The Morgan fingerprint density at radius 3 is 1.78 bits per heavy atom. The lowest BCUT2D eigenvalue weighted by Gasteiger charge is -2.13. The van der Waals surface area contributed by atoms with Crippen molar-refractivity contribution in [2.45, 2.75) is 0 Å². The highest BCUT2D eigenvalue weighted by molar-refractivity contribution is 6.13. The van der Waals surface area contributed by atoms with Gasteiger partial charge in [-0.25, -0.2) is 15.0 Å². The standard InChI is InChI=1S/C57H34N4O2/c1-3-15-35(16-4-1)37-29-30-45-47-33-40(61-49-26-10-7-21-42(49)43-22-8-11-27-50(43)61)34-48(54(47)63-52(45)32-37)57-59-55(36-17-5-2-6-18-36)58-56(60-57)39-20-13-19-38(31-39)41-24-14-25-46-44-23-9-12-28-51(44)62-53(41)46/h1-34H/i2D,5D,6D,17D,18D. The van der Waals surface area contributed by atoms with E-state index in [-0.39, 0.29) is 23.0 Å². The summed E-state index contributed by atoms with van der Waals surface area (Å²) in [6.07, 6.45) is 0. The number of para-hydroxylation sites is 4. The molecule has 0 radical (unpaired) electrons. The molecule has 0 aliphatic heterocycles. The molecule has 294 valence electrons. The van der Waals surface area contributed by atoms with E-state index in [1.54, 1.807) is 0 Å². The molecule has 4 heterocycles. The highest BCUT2D eigenvalue weighted by atomic mass is 16.3. The summed E-state index contributed by atoms with van der Waals surface area (Å²) in [7, 11) is 0. The van der Waals surface area contributed by atoms with Crippen molar-refractivity contribution in [3.05, 3.63) is 206 Å². The summed E-state index contributed by atoms with van der Waals surface area (Å²) < 4.78 is 59.4. The molecule has 0 unspecified atom stereocenters. The fourth-order valence-corrected chi connectivity index (χ4v) is 9.07. The van der Waals surface area contributed by atoms with E-state index >= 15 is 0 Å². The van der Waals surface area contributed by atoms with Crippen molar-refractivity contribution in [1.82, 2.24) is 19.5 Å². The van der Waals surface area contributed by atoms with Crippen molar-refractivity contribution in [3.63, 3.8) is 0 Å². The Kier molecular flexibility index (Phi) is 6.75. The van der Waals surface area contributed by atoms with Gasteiger partial charge in [-0.15, -0.1) is 0 Å². The van der Waals surface area contributed by atoms with Gasteiger partial charge in [-0.3, -0.25) is 0 Å². The van der Waals surface area contributed by atoms with Crippen molar-refractivity contribution < 1.29 is 15.7 Å². The van der Waals surface area contributed by atoms with Crippen LogP contribution in [-0.4, -0.2) is 19.5 Å². The van der Waals surface area contributed by atoms with E-state index in [0.717, 1.165) is 82.5 Å². The van der Waals surface area contributed by atoms with Crippen LogP contribution in [0.25, 0.3) is 128 Å². The maximum atomic E-state index is 9.06. The third-order valence-corrected chi connectivity index (χ3v) is 11.9. The molecule has 0 atom stereocenters. The van der Waals surface area contributed by atoms with Crippen LogP contribution >= 0.6 is 0 Å².